The molecule has 3 aromatic rings. The lowest BCUT2D eigenvalue weighted by molar-refractivity contribution is -0.167. The molecule has 0 bridgehead atoms. The third-order valence-corrected chi connectivity index (χ3v) is 5.72. The summed E-state index contributed by atoms with van der Waals surface area (Å²) < 4.78 is 63.3. The molecule has 0 aliphatic heterocycles. The van der Waals surface area contributed by atoms with Crippen LogP contribution in [0.2, 0.25) is 0 Å². The van der Waals surface area contributed by atoms with E-state index in [9.17, 15) is 31.2 Å². The summed E-state index contributed by atoms with van der Waals surface area (Å²) in [5.41, 5.74) is 0.336. The summed E-state index contributed by atoms with van der Waals surface area (Å²) in [7, 11) is -3.88. The Morgan fingerprint density at radius 1 is 0.900 bits per heavy atom. The molecule has 0 atom stereocenters. The van der Waals surface area contributed by atoms with Crippen molar-refractivity contribution in [3.8, 4) is 0 Å². The molecule has 2 aromatic carbocycles. The Labute approximate surface area is 170 Å². The van der Waals surface area contributed by atoms with Crippen molar-refractivity contribution >= 4 is 27.4 Å². The first-order valence-corrected chi connectivity index (χ1v) is 10.2. The number of rotatable bonds is 6. The van der Waals surface area contributed by atoms with Crippen LogP contribution in [0.5, 0.6) is 0 Å². The summed E-state index contributed by atoms with van der Waals surface area (Å²) in [5.74, 6) is -3.08. The van der Waals surface area contributed by atoms with Crippen molar-refractivity contribution in [2.45, 2.75) is 11.9 Å². The van der Waals surface area contributed by atoms with Crippen LogP contribution < -0.4 is 5.32 Å². The number of nitrogens with one attached hydrogen (secondary N) is 1. The van der Waals surface area contributed by atoms with E-state index in [1.54, 1.807) is 35.6 Å². The van der Waals surface area contributed by atoms with Crippen LogP contribution in [0.15, 0.2) is 72.9 Å². The number of alkyl halides is 3. The van der Waals surface area contributed by atoms with Crippen LogP contribution >= 0.6 is 0 Å². The van der Waals surface area contributed by atoms with Gasteiger partial charge in [0.25, 0.3) is 0 Å². The third kappa shape index (κ3) is 4.77. The molecule has 6 nitrogen and oxygen atoms in total. The van der Waals surface area contributed by atoms with Crippen LogP contribution in [0.25, 0.3) is 0 Å². The molecule has 0 fully saturated rings. The Hall–Kier alpha value is -3.40. The molecule has 0 spiro atoms. The minimum atomic E-state index is -5.04. The maximum absolute atomic E-state index is 12.8. The number of aromatic nitrogens is 1. The van der Waals surface area contributed by atoms with E-state index in [0.717, 1.165) is 16.1 Å². The molecule has 156 valence electrons. The monoisotopic (exact) mass is 436 g/mol. The van der Waals surface area contributed by atoms with Gasteiger partial charge >= 0.3 is 12.1 Å². The average Bonchev–Trinajstić information content (AvgIpc) is 3.19. The Bertz CT molecular complexity index is 1170. The minimum absolute atomic E-state index is 0.0508. The number of hydrogen-bond donors (Lipinski definition) is 1. The van der Waals surface area contributed by atoms with Crippen molar-refractivity contribution in [3.05, 3.63) is 89.7 Å². The van der Waals surface area contributed by atoms with Gasteiger partial charge in [-0.3, -0.25) is 9.59 Å². The van der Waals surface area contributed by atoms with Gasteiger partial charge in [-0.25, -0.2) is 12.4 Å². The van der Waals surface area contributed by atoms with Gasteiger partial charge in [0.15, 0.2) is 0 Å². The molecule has 10 heteroatoms. The molecule has 30 heavy (non-hydrogen) atoms. The minimum Gasteiger partial charge on any atom is -0.318 e. The molecule has 1 aromatic heterocycles. The van der Waals surface area contributed by atoms with Gasteiger partial charge in [0.2, 0.25) is 15.8 Å². The van der Waals surface area contributed by atoms with Crippen LogP contribution in [0.3, 0.4) is 0 Å². The van der Waals surface area contributed by atoms with Crippen LogP contribution in [0.1, 0.15) is 21.6 Å². The number of hydrogen-bond acceptors (Lipinski definition) is 4. The molecule has 3 rings (SSSR count). The zero-order valence-corrected chi connectivity index (χ0v) is 16.1. The van der Waals surface area contributed by atoms with Crippen LogP contribution in [-0.4, -0.2) is 30.3 Å². The number of carbonyl (C=O) groups is 2. The molecule has 0 saturated heterocycles. The van der Waals surface area contributed by atoms with Crippen LogP contribution in [0, 0.1) is 0 Å². The molecule has 1 heterocycles. The number of benzene rings is 2. The Morgan fingerprint density at radius 2 is 1.53 bits per heavy atom. The second-order valence-corrected chi connectivity index (χ2v) is 8.14. The molecule has 0 unspecified atom stereocenters. The van der Waals surface area contributed by atoms with E-state index in [1.807, 2.05) is 0 Å². The van der Waals surface area contributed by atoms with Gasteiger partial charge in [0.1, 0.15) is 5.69 Å². The smallest absolute Gasteiger partial charge is 0.318 e. The lowest BCUT2D eigenvalue weighted by Gasteiger charge is -2.11. The molecule has 0 aliphatic carbocycles. The average molecular weight is 436 g/mol. The van der Waals surface area contributed by atoms with E-state index >= 15 is 0 Å². The van der Waals surface area contributed by atoms with Crippen LogP contribution in [-0.2, 0) is 20.6 Å². The van der Waals surface area contributed by atoms with Gasteiger partial charge in [-0.1, -0.05) is 30.3 Å². The summed E-state index contributed by atoms with van der Waals surface area (Å²) in [6.45, 7) is 0. The summed E-state index contributed by atoms with van der Waals surface area (Å²) in [5, 5.41) is 1.67. The van der Waals surface area contributed by atoms with Gasteiger partial charge in [0.05, 0.1) is 5.75 Å². The molecular formula is C20H15F3N2O4S. The molecule has 0 saturated carbocycles. The first-order chi connectivity index (χ1) is 14.1. The predicted octanol–water partition coefficient (Wildman–Crippen LogP) is 3.60. The van der Waals surface area contributed by atoms with Crippen molar-refractivity contribution in [1.29, 1.82) is 0 Å². The highest BCUT2D eigenvalue weighted by Crippen LogP contribution is 2.20. The van der Waals surface area contributed by atoms with E-state index in [4.69, 9.17) is 0 Å². The first kappa shape index (κ1) is 21.3. The number of amides is 1. The molecular weight excluding hydrogens is 421 g/mol. The lowest BCUT2D eigenvalue weighted by atomic mass is 10.1. The van der Waals surface area contributed by atoms with Crippen molar-refractivity contribution in [3.63, 3.8) is 0 Å². The molecule has 1 N–H and O–H groups in total. The van der Waals surface area contributed by atoms with Gasteiger partial charge in [-0.05, 0) is 42.0 Å². The maximum atomic E-state index is 12.8. The number of anilines is 1. The topological polar surface area (TPSA) is 85.2 Å². The summed E-state index contributed by atoms with van der Waals surface area (Å²) >= 11 is 0. The van der Waals surface area contributed by atoms with E-state index in [1.165, 1.54) is 30.5 Å². The quantitative estimate of drug-likeness (QED) is 0.599. The van der Waals surface area contributed by atoms with Gasteiger partial charge in [-0.15, -0.1) is 0 Å². The first-order valence-electron chi connectivity index (χ1n) is 8.55. The van der Waals surface area contributed by atoms with Crippen molar-refractivity contribution in [2.75, 3.05) is 5.32 Å². The van der Waals surface area contributed by atoms with Crippen molar-refractivity contribution < 1.29 is 31.2 Å². The highest BCUT2D eigenvalue weighted by Gasteiger charge is 2.38. The van der Waals surface area contributed by atoms with E-state index in [-0.39, 0.29) is 22.7 Å². The summed E-state index contributed by atoms with van der Waals surface area (Å²) in [4.78, 5) is 23.7. The largest absolute Gasteiger partial charge is 0.471 e. The molecule has 0 aliphatic rings. The number of carbonyl (C=O) groups excluding carboxylic acids is 2. The van der Waals surface area contributed by atoms with Crippen molar-refractivity contribution in [2.24, 2.45) is 0 Å². The number of ketones is 1. The zero-order valence-electron chi connectivity index (χ0n) is 15.3. The molecule has 1 amide bonds. The Morgan fingerprint density at radius 3 is 2.13 bits per heavy atom. The Balaban J connectivity index is 1.82. The van der Waals surface area contributed by atoms with E-state index < -0.39 is 27.9 Å². The fourth-order valence-electron chi connectivity index (χ4n) is 2.69. The van der Waals surface area contributed by atoms with E-state index in [0.29, 0.717) is 5.56 Å². The number of halogens is 3. The fourth-order valence-corrected chi connectivity index (χ4v) is 4.15. The highest BCUT2D eigenvalue weighted by molar-refractivity contribution is 7.89. The normalized spacial score (nSPS) is 11.8. The lowest BCUT2D eigenvalue weighted by Crippen LogP contribution is -2.29. The molecule has 0 radical (unpaired) electrons. The van der Waals surface area contributed by atoms with Crippen molar-refractivity contribution in [1.82, 2.24) is 3.97 Å². The second-order valence-electron chi connectivity index (χ2n) is 6.29. The van der Waals surface area contributed by atoms with Gasteiger partial charge in [0, 0.05) is 17.4 Å². The second kappa shape index (κ2) is 8.15. The summed E-state index contributed by atoms with van der Waals surface area (Å²) in [6.07, 6.45) is -3.79. The van der Waals surface area contributed by atoms with Gasteiger partial charge in [-0.2, -0.15) is 13.2 Å². The number of nitrogens with zero attached hydrogens (tertiary/aromatic N) is 1. The summed E-state index contributed by atoms with van der Waals surface area (Å²) in [6, 6.07) is 15.9. The standard InChI is InChI=1S/C20H15F3N2O4S/c21-20(22,23)19(27)24-16-10-8-15(9-11-16)18(26)17-7-4-12-25(17)30(28,29)13-14-5-2-1-3-6-14/h1-12H,13H2,(H,24,27). The van der Waals surface area contributed by atoms with E-state index in [2.05, 4.69) is 0 Å². The predicted molar refractivity (Wildman–Crippen MR) is 103 cm³/mol. The fraction of sp³-hybridized carbons (Fsp3) is 0.100. The Kier molecular flexibility index (Phi) is 5.79. The SMILES string of the molecule is O=C(c1ccc(NC(=O)C(F)(F)F)cc1)c1cccn1S(=O)(=O)Cc1ccccc1. The highest BCUT2D eigenvalue weighted by atomic mass is 32.2. The van der Waals surface area contributed by atoms with Crippen LogP contribution in [0.4, 0.5) is 18.9 Å². The zero-order chi connectivity index (χ0) is 21.9. The van der Waals surface area contributed by atoms with Gasteiger partial charge < -0.3 is 5.32 Å². The third-order valence-electron chi connectivity index (χ3n) is 4.10. The maximum Gasteiger partial charge on any atom is 0.471 e.